The molecular weight excluding hydrogens is 309 g/mol. The molecule has 2 N–H and O–H groups in total. The predicted molar refractivity (Wildman–Crippen MR) is 86.6 cm³/mol. The maximum Gasteiger partial charge on any atom is 0.201 e. The van der Waals surface area contributed by atoms with E-state index in [0.717, 1.165) is 6.42 Å². The molecule has 21 heavy (non-hydrogen) atoms. The second kappa shape index (κ2) is 5.31. The van der Waals surface area contributed by atoms with Crippen LogP contribution in [0, 0.1) is 12.7 Å². The van der Waals surface area contributed by atoms with Crippen molar-refractivity contribution in [2.24, 2.45) is 0 Å². The van der Waals surface area contributed by atoms with Gasteiger partial charge in [-0.05, 0) is 32.0 Å². The summed E-state index contributed by atoms with van der Waals surface area (Å²) >= 11 is 7.56. The minimum Gasteiger partial charge on any atom is -0.369 e. The van der Waals surface area contributed by atoms with Gasteiger partial charge >= 0.3 is 0 Å². The Bertz CT molecular complexity index is 809. The highest BCUT2D eigenvalue weighted by atomic mass is 35.5. The van der Waals surface area contributed by atoms with Crippen molar-refractivity contribution in [3.8, 4) is 0 Å². The number of hydrogen-bond acceptors (Lipinski definition) is 3. The van der Waals surface area contributed by atoms with Crippen LogP contribution in [0.3, 0.4) is 0 Å². The number of thiophene rings is 1. The van der Waals surface area contributed by atoms with E-state index in [-0.39, 0.29) is 11.1 Å². The number of benzene rings is 1. The number of nitrogens with two attached hydrogens (primary N) is 1. The molecule has 0 aliphatic heterocycles. The quantitative estimate of drug-likeness (QED) is 0.766. The molecule has 3 rings (SSSR count). The molecule has 3 nitrogen and oxygen atoms in total. The van der Waals surface area contributed by atoms with Gasteiger partial charge in [0.1, 0.15) is 5.82 Å². The van der Waals surface area contributed by atoms with Crippen molar-refractivity contribution in [3.63, 3.8) is 0 Å². The number of rotatable bonds is 3. The minimum atomic E-state index is -0.454. The average Bonchev–Trinajstić information content (AvgIpc) is 2.93. The van der Waals surface area contributed by atoms with E-state index in [1.165, 1.54) is 21.9 Å². The number of aryl methyl sites for hydroxylation is 1. The van der Waals surface area contributed by atoms with Crippen LogP contribution in [0.4, 0.5) is 10.3 Å². The Kier molecular flexibility index (Phi) is 3.63. The van der Waals surface area contributed by atoms with Gasteiger partial charge in [-0.3, -0.25) is 0 Å². The molecule has 0 aliphatic rings. The third kappa shape index (κ3) is 2.63. The Morgan fingerprint density at radius 2 is 2.19 bits per heavy atom. The molecule has 0 saturated heterocycles. The first kappa shape index (κ1) is 14.4. The van der Waals surface area contributed by atoms with Crippen LogP contribution in [-0.4, -0.2) is 9.55 Å². The van der Waals surface area contributed by atoms with Crippen molar-refractivity contribution in [2.75, 3.05) is 5.73 Å². The lowest BCUT2D eigenvalue weighted by Crippen LogP contribution is -2.10. The van der Waals surface area contributed by atoms with Crippen molar-refractivity contribution < 1.29 is 4.39 Å². The van der Waals surface area contributed by atoms with Crippen molar-refractivity contribution in [1.29, 1.82) is 0 Å². The molecule has 0 amide bonds. The van der Waals surface area contributed by atoms with Gasteiger partial charge in [0.15, 0.2) is 0 Å². The molecule has 0 saturated carbocycles. The molecule has 1 atom stereocenters. The molecular formula is C15H15ClFN3S. The Balaban J connectivity index is 2.02. The number of aromatic nitrogens is 2. The van der Waals surface area contributed by atoms with Crippen LogP contribution < -0.4 is 5.73 Å². The number of imidazole rings is 1. The first-order chi connectivity index (χ1) is 9.95. The van der Waals surface area contributed by atoms with Gasteiger partial charge in [0.05, 0.1) is 16.1 Å². The zero-order valence-electron chi connectivity index (χ0n) is 11.7. The van der Waals surface area contributed by atoms with Gasteiger partial charge < -0.3 is 10.3 Å². The zero-order chi connectivity index (χ0) is 15.1. The highest BCUT2D eigenvalue weighted by molar-refractivity contribution is 7.11. The van der Waals surface area contributed by atoms with Crippen LogP contribution in [0.25, 0.3) is 11.0 Å². The second-order valence-electron chi connectivity index (χ2n) is 5.16. The summed E-state index contributed by atoms with van der Waals surface area (Å²) in [5, 5.41) is 0.0636. The number of halogens is 2. The zero-order valence-corrected chi connectivity index (χ0v) is 13.3. The second-order valence-corrected chi connectivity index (χ2v) is 6.94. The molecule has 3 aromatic rings. The van der Waals surface area contributed by atoms with Gasteiger partial charge in [-0.1, -0.05) is 11.6 Å². The van der Waals surface area contributed by atoms with Gasteiger partial charge in [-0.15, -0.1) is 11.3 Å². The van der Waals surface area contributed by atoms with Crippen molar-refractivity contribution in [2.45, 2.75) is 26.3 Å². The summed E-state index contributed by atoms with van der Waals surface area (Å²) in [5.74, 6) is -0.0723. The molecule has 0 aliphatic carbocycles. The number of hydrogen-bond donors (Lipinski definition) is 1. The maximum absolute atomic E-state index is 13.7. The third-order valence-electron chi connectivity index (χ3n) is 3.49. The molecule has 110 valence electrons. The summed E-state index contributed by atoms with van der Waals surface area (Å²) in [6.07, 6.45) is 0.832. The molecule has 6 heteroatoms. The lowest BCUT2D eigenvalue weighted by Gasteiger charge is -2.15. The monoisotopic (exact) mass is 323 g/mol. The number of nitrogens with zero attached hydrogens (tertiary/aromatic N) is 2. The fourth-order valence-corrected chi connectivity index (χ4v) is 3.72. The summed E-state index contributed by atoms with van der Waals surface area (Å²) in [6.45, 7) is 4.14. The van der Waals surface area contributed by atoms with E-state index >= 15 is 0 Å². The summed E-state index contributed by atoms with van der Waals surface area (Å²) in [4.78, 5) is 6.83. The van der Waals surface area contributed by atoms with Crippen LogP contribution in [-0.2, 0) is 6.42 Å². The fourth-order valence-electron chi connectivity index (χ4n) is 2.55. The fraction of sp³-hybridized carbons (Fsp3) is 0.267. The van der Waals surface area contributed by atoms with E-state index in [4.69, 9.17) is 17.3 Å². The summed E-state index contributed by atoms with van der Waals surface area (Å²) in [5.41, 5.74) is 7.30. The van der Waals surface area contributed by atoms with Gasteiger partial charge in [0.25, 0.3) is 0 Å². The normalized spacial score (nSPS) is 13.0. The van der Waals surface area contributed by atoms with E-state index in [1.807, 2.05) is 4.57 Å². The lowest BCUT2D eigenvalue weighted by atomic mass is 10.2. The lowest BCUT2D eigenvalue weighted by molar-refractivity contribution is 0.568. The van der Waals surface area contributed by atoms with Crippen LogP contribution in [0.15, 0.2) is 24.3 Å². The number of anilines is 1. The maximum atomic E-state index is 13.7. The Morgan fingerprint density at radius 3 is 2.86 bits per heavy atom. The van der Waals surface area contributed by atoms with Crippen LogP contribution in [0.5, 0.6) is 0 Å². The first-order valence-electron chi connectivity index (χ1n) is 6.63. The molecule has 0 bridgehead atoms. The van der Waals surface area contributed by atoms with Crippen LogP contribution >= 0.6 is 22.9 Å². The molecule has 2 heterocycles. The van der Waals surface area contributed by atoms with Gasteiger partial charge in [-0.2, -0.15) is 0 Å². The summed E-state index contributed by atoms with van der Waals surface area (Å²) < 4.78 is 15.6. The average molecular weight is 324 g/mol. The molecule has 2 aromatic heterocycles. The van der Waals surface area contributed by atoms with Crippen molar-refractivity contribution >= 4 is 39.9 Å². The standard InChI is InChI=1S/C15H15ClFN3S/c1-8(5-10-4-3-9(2)21-10)20-14-7-12(17)11(16)6-13(14)19-15(20)18/h3-4,6-8H,5H2,1-2H3,(H2,18,19). The van der Waals surface area contributed by atoms with E-state index in [9.17, 15) is 4.39 Å². The number of nitrogen functional groups attached to an aromatic ring is 1. The smallest absolute Gasteiger partial charge is 0.201 e. The molecule has 1 unspecified atom stereocenters. The Labute approximate surface area is 131 Å². The van der Waals surface area contributed by atoms with E-state index in [2.05, 4.69) is 31.0 Å². The Hall–Kier alpha value is -1.59. The van der Waals surface area contributed by atoms with E-state index < -0.39 is 5.82 Å². The topological polar surface area (TPSA) is 43.8 Å². The molecule has 0 radical (unpaired) electrons. The van der Waals surface area contributed by atoms with E-state index in [0.29, 0.717) is 17.0 Å². The molecule has 0 fully saturated rings. The van der Waals surface area contributed by atoms with Crippen molar-refractivity contribution in [1.82, 2.24) is 9.55 Å². The first-order valence-corrected chi connectivity index (χ1v) is 7.83. The van der Waals surface area contributed by atoms with Crippen LogP contribution in [0.2, 0.25) is 5.02 Å². The van der Waals surface area contributed by atoms with Gasteiger partial charge in [-0.25, -0.2) is 9.37 Å². The van der Waals surface area contributed by atoms with Crippen LogP contribution in [0.1, 0.15) is 22.7 Å². The Morgan fingerprint density at radius 1 is 1.43 bits per heavy atom. The predicted octanol–water partition coefficient (Wildman–Crippen LogP) is 4.58. The van der Waals surface area contributed by atoms with Crippen molar-refractivity contribution in [3.05, 3.63) is 44.9 Å². The summed E-state index contributed by atoms with van der Waals surface area (Å²) in [7, 11) is 0. The number of fused-ring (bicyclic) bond motifs is 1. The van der Waals surface area contributed by atoms with E-state index in [1.54, 1.807) is 11.3 Å². The highest BCUT2D eigenvalue weighted by Crippen LogP contribution is 2.30. The van der Waals surface area contributed by atoms with Gasteiger partial charge in [0.2, 0.25) is 5.95 Å². The highest BCUT2D eigenvalue weighted by Gasteiger charge is 2.17. The third-order valence-corrected chi connectivity index (χ3v) is 4.80. The van der Waals surface area contributed by atoms with Gasteiger partial charge in [0, 0.05) is 28.3 Å². The SMILES string of the molecule is Cc1ccc(CC(C)n2c(N)nc3cc(Cl)c(F)cc32)s1. The largest absolute Gasteiger partial charge is 0.369 e. The molecule has 0 spiro atoms. The summed E-state index contributed by atoms with van der Waals surface area (Å²) in [6, 6.07) is 7.22. The minimum absolute atomic E-state index is 0.0636. The molecule has 1 aromatic carbocycles.